The zero-order valence-electron chi connectivity index (χ0n) is 26.3. The number of alkyl halides is 1. The first-order valence-corrected chi connectivity index (χ1v) is 15.5. The van der Waals surface area contributed by atoms with Crippen molar-refractivity contribution in [3.05, 3.63) is 86.2 Å². The fourth-order valence-electron chi connectivity index (χ4n) is 5.65. The maximum Gasteiger partial charge on any atom is 0.277 e. The largest absolute Gasteiger partial charge is 0.489 e. The minimum atomic E-state index is -1.84. The van der Waals surface area contributed by atoms with Crippen LogP contribution < -0.4 is 15.0 Å². The number of nitrogens with one attached hydrogen (secondary N) is 1. The molecule has 2 amide bonds. The molecule has 12 nitrogen and oxygen atoms in total. The molecule has 0 radical (unpaired) electrons. The number of hydrogen-bond acceptors (Lipinski definition) is 9. The van der Waals surface area contributed by atoms with E-state index in [4.69, 9.17) is 21.1 Å². The predicted molar refractivity (Wildman–Crippen MR) is 172 cm³/mol. The molecule has 4 heterocycles. The van der Waals surface area contributed by atoms with Gasteiger partial charge in [0.25, 0.3) is 17.4 Å². The van der Waals surface area contributed by atoms with Gasteiger partial charge in [0.15, 0.2) is 5.82 Å². The van der Waals surface area contributed by atoms with Crippen molar-refractivity contribution in [1.82, 2.24) is 29.9 Å². The third-order valence-corrected chi connectivity index (χ3v) is 8.39. The van der Waals surface area contributed by atoms with Crippen LogP contribution >= 0.6 is 11.6 Å². The molecule has 0 unspecified atom stereocenters. The van der Waals surface area contributed by atoms with E-state index in [1.807, 2.05) is 6.07 Å². The molecule has 15 heteroatoms. The van der Waals surface area contributed by atoms with E-state index in [0.29, 0.717) is 0 Å². The molecule has 0 bridgehead atoms. The monoisotopic (exact) mass is 685 g/mol. The van der Waals surface area contributed by atoms with Crippen molar-refractivity contribution >= 4 is 34.2 Å². The molecule has 3 aromatic heterocycles. The summed E-state index contributed by atoms with van der Waals surface area (Å²) in [4.78, 5) is 45.3. The SMILES string of the molecule is Cn1ncc(-c2cc3c(CN4C(=O)c5ccccc5C4=O)n[nH]c(=O)c3c(OCC(C)(C)F)n2)c1-c1c(F)c(Cl)cc(OC2CC2)c1C#N. The maximum atomic E-state index is 15.9. The quantitative estimate of drug-likeness (QED) is 0.198. The molecule has 2 aromatic carbocycles. The van der Waals surface area contributed by atoms with Crippen LogP contribution in [0.4, 0.5) is 8.78 Å². The number of rotatable bonds is 9. The predicted octanol–water partition coefficient (Wildman–Crippen LogP) is 5.51. The first-order chi connectivity index (χ1) is 23.4. The molecule has 0 atom stereocenters. The topological polar surface area (TPSA) is 156 Å². The van der Waals surface area contributed by atoms with E-state index in [2.05, 4.69) is 20.3 Å². The number of aromatic amines is 1. The molecule has 2 aliphatic rings. The minimum Gasteiger partial charge on any atom is -0.489 e. The van der Waals surface area contributed by atoms with E-state index in [1.54, 1.807) is 12.1 Å². The number of benzene rings is 2. The maximum absolute atomic E-state index is 15.9. The smallest absolute Gasteiger partial charge is 0.277 e. The van der Waals surface area contributed by atoms with E-state index in [9.17, 15) is 24.0 Å². The van der Waals surface area contributed by atoms with Gasteiger partial charge in [0, 0.05) is 24.1 Å². The van der Waals surface area contributed by atoms with Crippen molar-refractivity contribution in [3.63, 3.8) is 0 Å². The van der Waals surface area contributed by atoms with Crippen LogP contribution in [0.5, 0.6) is 11.6 Å². The molecule has 1 aliphatic heterocycles. The highest BCUT2D eigenvalue weighted by Gasteiger charge is 2.36. The van der Waals surface area contributed by atoms with Crippen molar-refractivity contribution in [2.75, 3.05) is 6.61 Å². The van der Waals surface area contributed by atoms with Crippen molar-refractivity contribution < 1.29 is 27.8 Å². The number of hydrogen-bond donors (Lipinski definition) is 1. The molecular formula is C34H26ClF2N7O5. The van der Waals surface area contributed by atoms with Crippen LogP contribution in [0.2, 0.25) is 5.02 Å². The van der Waals surface area contributed by atoms with Gasteiger partial charge in [-0.25, -0.2) is 18.9 Å². The van der Waals surface area contributed by atoms with Crippen molar-refractivity contribution in [2.24, 2.45) is 7.05 Å². The van der Waals surface area contributed by atoms with E-state index in [-0.39, 0.29) is 85.0 Å². The molecular weight excluding hydrogens is 660 g/mol. The van der Waals surface area contributed by atoms with Gasteiger partial charge in [0.05, 0.1) is 57.6 Å². The van der Waals surface area contributed by atoms with Crippen LogP contribution in [0, 0.1) is 17.1 Å². The highest BCUT2D eigenvalue weighted by molar-refractivity contribution is 6.31. The third-order valence-electron chi connectivity index (χ3n) is 8.12. The van der Waals surface area contributed by atoms with Crippen LogP contribution in [0.3, 0.4) is 0 Å². The molecule has 248 valence electrons. The van der Waals surface area contributed by atoms with E-state index in [0.717, 1.165) is 17.7 Å². The summed E-state index contributed by atoms with van der Waals surface area (Å²) in [6, 6.07) is 11.1. The molecule has 1 aliphatic carbocycles. The lowest BCUT2D eigenvalue weighted by atomic mass is 9.98. The summed E-state index contributed by atoms with van der Waals surface area (Å²) >= 11 is 6.31. The van der Waals surface area contributed by atoms with Gasteiger partial charge in [-0.05, 0) is 44.9 Å². The van der Waals surface area contributed by atoms with Gasteiger partial charge >= 0.3 is 0 Å². The second-order valence-electron chi connectivity index (χ2n) is 12.4. The molecule has 0 spiro atoms. The zero-order chi connectivity index (χ0) is 34.8. The number of aromatic nitrogens is 5. The summed E-state index contributed by atoms with van der Waals surface area (Å²) in [5.41, 5.74) is -1.97. The summed E-state index contributed by atoms with van der Waals surface area (Å²) in [6.45, 7) is 1.71. The number of carbonyl (C=O) groups is 2. The van der Waals surface area contributed by atoms with Gasteiger partial charge in [0.1, 0.15) is 35.0 Å². The number of halogens is 3. The molecule has 7 rings (SSSR count). The Kier molecular flexibility index (Phi) is 7.67. The highest BCUT2D eigenvalue weighted by atomic mass is 35.5. The van der Waals surface area contributed by atoms with Gasteiger partial charge in [-0.3, -0.25) is 24.0 Å². The van der Waals surface area contributed by atoms with Gasteiger partial charge in [0.2, 0.25) is 5.88 Å². The van der Waals surface area contributed by atoms with Gasteiger partial charge in [-0.2, -0.15) is 15.5 Å². The zero-order valence-corrected chi connectivity index (χ0v) is 27.1. The summed E-state index contributed by atoms with van der Waals surface area (Å²) in [5.74, 6) is -2.17. The number of aryl methyl sites for hydroxylation is 1. The first kappa shape index (κ1) is 31.9. The summed E-state index contributed by atoms with van der Waals surface area (Å²) in [6.07, 6.45) is 2.81. The van der Waals surface area contributed by atoms with Crippen LogP contribution in [0.15, 0.2) is 47.4 Å². The highest BCUT2D eigenvalue weighted by Crippen LogP contribution is 2.43. The van der Waals surface area contributed by atoms with E-state index < -0.39 is 35.5 Å². The average Bonchev–Trinajstić information content (AvgIpc) is 3.76. The molecule has 1 fully saturated rings. The first-order valence-electron chi connectivity index (χ1n) is 15.2. The van der Waals surface area contributed by atoms with Gasteiger partial charge in [-0.15, -0.1) is 0 Å². The van der Waals surface area contributed by atoms with Crippen LogP contribution in [0.25, 0.3) is 33.3 Å². The number of imide groups is 1. The Bertz CT molecular complexity index is 2290. The number of ether oxygens (including phenoxy) is 2. The summed E-state index contributed by atoms with van der Waals surface area (Å²) in [7, 11) is 1.53. The molecule has 5 aromatic rings. The van der Waals surface area contributed by atoms with Gasteiger partial charge < -0.3 is 9.47 Å². The van der Waals surface area contributed by atoms with Gasteiger partial charge in [-0.1, -0.05) is 23.7 Å². The molecule has 49 heavy (non-hydrogen) atoms. The minimum absolute atomic E-state index is 0.0752. The number of nitrogens with zero attached hydrogens (tertiary/aromatic N) is 6. The Morgan fingerprint density at radius 3 is 2.45 bits per heavy atom. The number of pyridine rings is 1. The number of amides is 2. The third kappa shape index (κ3) is 5.65. The fourth-order valence-corrected chi connectivity index (χ4v) is 5.85. The second kappa shape index (κ2) is 11.8. The van der Waals surface area contributed by atoms with E-state index in [1.165, 1.54) is 56.0 Å². The number of H-pyrrole nitrogens is 1. The Morgan fingerprint density at radius 2 is 1.82 bits per heavy atom. The van der Waals surface area contributed by atoms with Crippen molar-refractivity contribution in [1.29, 1.82) is 5.26 Å². The fraction of sp³-hybridized carbons (Fsp3) is 0.265. The molecule has 0 saturated heterocycles. The Hall–Kier alpha value is -5.68. The normalized spacial score (nSPS) is 14.3. The molecule has 1 N–H and O–H groups in total. The van der Waals surface area contributed by atoms with Crippen molar-refractivity contribution in [3.8, 4) is 40.2 Å². The number of fused-ring (bicyclic) bond motifs is 2. The summed E-state index contributed by atoms with van der Waals surface area (Å²) in [5, 5.41) is 20.8. The molecule has 1 saturated carbocycles. The number of carbonyl (C=O) groups excluding carboxylic acids is 2. The second-order valence-corrected chi connectivity index (χ2v) is 12.8. The Labute approximate surface area is 281 Å². The Balaban J connectivity index is 1.43. The Morgan fingerprint density at radius 1 is 1.12 bits per heavy atom. The standard InChI is InChI=1S/C34H26ClF2N7O5/c1-34(2,37)15-48-31-27-19(24(41-42-30(27)45)14-44-32(46)17-6-4-5-7-18(17)33(44)47)10-23(40-31)21-13-39-43(3)29(21)26-20(12-38)25(49-16-8-9-16)11-22(35)28(26)36/h4-7,10-11,13,16H,8-9,14-15H2,1-3H3,(H,42,45). The van der Waals surface area contributed by atoms with Crippen molar-refractivity contribution in [2.45, 2.75) is 45.0 Å². The lowest BCUT2D eigenvalue weighted by Gasteiger charge is -2.19. The van der Waals surface area contributed by atoms with Crippen LogP contribution in [-0.2, 0) is 13.6 Å². The lowest BCUT2D eigenvalue weighted by molar-refractivity contribution is 0.0640. The van der Waals surface area contributed by atoms with E-state index >= 15 is 4.39 Å². The lowest BCUT2D eigenvalue weighted by Crippen LogP contribution is -2.30. The van der Waals surface area contributed by atoms with Crippen LogP contribution in [-0.4, -0.2) is 60.1 Å². The summed E-state index contributed by atoms with van der Waals surface area (Å²) < 4.78 is 43.7. The average molecular weight is 686 g/mol. The number of nitriles is 1. The van der Waals surface area contributed by atoms with Crippen LogP contribution in [0.1, 0.15) is 58.7 Å².